The predicted octanol–water partition coefficient (Wildman–Crippen LogP) is 6.75. The standard InChI is InChI=1S/C25H28F4N2O/c26-22-16-20(25(27,28)29)9-12-23(22)30-24(32)19-6-4-5-18(15-19)17-7-10-21(11-8-17)31-13-2-1-3-14-31/h7-12,16,18-19H,1-6,13-15H2,(H,30,32). The average molecular weight is 449 g/mol. The smallest absolute Gasteiger partial charge is 0.372 e. The Bertz CT molecular complexity index is 936. The predicted molar refractivity (Wildman–Crippen MR) is 117 cm³/mol. The van der Waals surface area contributed by atoms with Crippen molar-refractivity contribution in [3.63, 3.8) is 0 Å². The van der Waals surface area contributed by atoms with Gasteiger partial charge in [0.25, 0.3) is 0 Å². The van der Waals surface area contributed by atoms with Crippen LogP contribution in [0.25, 0.3) is 0 Å². The Hall–Kier alpha value is -2.57. The number of rotatable bonds is 4. The lowest BCUT2D eigenvalue weighted by molar-refractivity contribution is -0.137. The minimum atomic E-state index is -4.62. The summed E-state index contributed by atoms with van der Waals surface area (Å²) in [7, 11) is 0. The van der Waals surface area contributed by atoms with Crippen LogP contribution in [0, 0.1) is 11.7 Å². The first-order chi connectivity index (χ1) is 15.3. The van der Waals surface area contributed by atoms with E-state index in [2.05, 4.69) is 34.5 Å². The quantitative estimate of drug-likeness (QED) is 0.525. The SMILES string of the molecule is O=C(Nc1ccc(C(F)(F)F)cc1F)C1CCCC(c2ccc(N3CCCCC3)cc2)C1. The van der Waals surface area contributed by atoms with Gasteiger partial charge in [-0.15, -0.1) is 0 Å². The molecule has 2 unspecified atom stereocenters. The number of alkyl halides is 3. The van der Waals surface area contributed by atoms with E-state index in [-0.39, 0.29) is 23.4 Å². The molecule has 2 aromatic rings. The van der Waals surface area contributed by atoms with Crippen molar-refractivity contribution in [2.75, 3.05) is 23.3 Å². The van der Waals surface area contributed by atoms with E-state index in [1.54, 1.807) is 0 Å². The lowest BCUT2D eigenvalue weighted by Crippen LogP contribution is -2.29. The van der Waals surface area contributed by atoms with E-state index in [9.17, 15) is 22.4 Å². The summed E-state index contributed by atoms with van der Waals surface area (Å²) in [5.74, 6) is -1.46. The maximum atomic E-state index is 14.1. The van der Waals surface area contributed by atoms with Crippen LogP contribution in [0.1, 0.15) is 62.0 Å². The van der Waals surface area contributed by atoms with E-state index in [4.69, 9.17) is 0 Å². The Morgan fingerprint density at radius 2 is 1.66 bits per heavy atom. The molecule has 4 rings (SSSR count). The van der Waals surface area contributed by atoms with Gasteiger partial charge < -0.3 is 10.2 Å². The fraction of sp³-hybridized carbons (Fsp3) is 0.480. The average Bonchev–Trinajstić information content (AvgIpc) is 2.80. The maximum Gasteiger partial charge on any atom is 0.416 e. The van der Waals surface area contributed by atoms with Crippen molar-refractivity contribution in [3.05, 3.63) is 59.4 Å². The molecule has 0 spiro atoms. The molecule has 1 N–H and O–H groups in total. The molecule has 0 aromatic heterocycles. The number of halogens is 4. The van der Waals surface area contributed by atoms with Crippen LogP contribution in [-0.4, -0.2) is 19.0 Å². The second kappa shape index (κ2) is 9.51. The van der Waals surface area contributed by atoms with Crippen LogP contribution in [0.5, 0.6) is 0 Å². The Balaban J connectivity index is 1.39. The first-order valence-electron chi connectivity index (χ1n) is 11.3. The zero-order chi connectivity index (χ0) is 22.7. The van der Waals surface area contributed by atoms with Gasteiger partial charge in [-0.1, -0.05) is 18.6 Å². The Kier molecular flexibility index (Phi) is 6.72. The molecular formula is C25H28F4N2O. The third-order valence-electron chi connectivity index (χ3n) is 6.68. The largest absolute Gasteiger partial charge is 0.416 e. The molecule has 3 nitrogen and oxygen atoms in total. The van der Waals surface area contributed by atoms with Crippen molar-refractivity contribution in [1.82, 2.24) is 0 Å². The fourth-order valence-electron chi connectivity index (χ4n) is 4.87. The van der Waals surface area contributed by atoms with Crippen LogP contribution < -0.4 is 10.2 Å². The first-order valence-corrected chi connectivity index (χ1v) is 11.3. The minimum Gasteiger partial charge on any atom is -0.372 e. The molecule has 32 heavy (non-hydrogen) atoms. The van der Waals surface area contributed by atoms with E-state index >= 15 is 0 Å². The number of hydrogen-bond acceptors (Lipinski definition) is 2. The zero-order valence-corrected chi connectivity index (χ0v) is 17.9. The summed E-state index contributed by atoms with van der Waals surface area (Å²) < 4.78 is 52.3. The summed E-state index contributed by atoms with van der Waals surface area (Å²) in [4.78, 5) is 15.1. The van der Waals surface area contributed by atoms with Gasteiger partial charge in [0.15, 0.2) is 0 Å². The summed E-state index contributed by atoms with van der Waals surface area (Å²) in [6.45, 7) is 2.18. The van der Waals surface area contributed by atoms with Crippen LogP contribution in [0.2, 0.25) is 0 Å². The first kappa shape index (κ1) is 22.6. The lowest BCUT2D eigenvalue weighted by Gasteiger charge is -2.31. The maximum absolute atomic E-state index is 14.1. The van der Waals surface area contributed by atoms with E-state index in [0.717, 1.165) is 38.1 Å². The topological polar surface area (TPSA) is 32.3 Å². The number of amides is 1. The Morgan fingerprint density at radius 1 is 0.938 bits per heavy atom. The van der Waals surface area contributed by atoms with Gasteiger partial charge in [-0.05, 0) is 80.3 Å². The molecule has 2 aliphatic rings. The van der Waals surface area contributed by atoms with Crippen LogP contribution in [0.15, 0.2) is 42.5 Å². The summed E-state index contributed by atoms with van der Waals surface area (Å²) >= 11 is 0. The van der Waals surface area contributed by atoms with Gasteiger partial charge in [0.2, 0.25) is 5.91 Å². The van der Waals surface area contributed by atoms with Crippen LogP contribution in [-0.2, 0) is 11.0 Å². The van der Waals surface area contributed by atoms with E-state index in [1.165, 1.54) is 30.5 Å². The van der Waals surface area contributed by atoms with Gasteiger partial charge >= 0.3 is 6.18 Å². The second-order valence-electron chi connectivity index (χ2n) is 8.88. The third-order valence-corrected chi connectivity index (χ3v) is 6.68. The normalized spacial score (nSPS) is 21.9. The monoisotopic (exact) mass is 448 g/mol. The van der Waals surface area contributed by atoms with Gasteiger partial charge in [-0.25, -0.2) is 4.39 Å². The van der Waals surface area contributed by atoms with Gasteiger partial charge in [0.1, 0.15) is 5.82 Å². The van der Waals surface area contributed by atoms with Crippen molar-refractivity contribution < 1.29 is 22.4 Å². The molecule has 2 aromatic carbocycles. The number of carbonyl (C=O) groups excluding carboxylic acids is 1. The number of hydrogen-bond donors (Lipinski definition) is 1. The highest BCUT2D eigenvalue weighted by Crippen LogP contribution is 2.38. The minimum absolute atomic E-state index is 0.212. The number of nitrogens with one attached hydrogen (secondary N) is 1. The highest BCUT2D eigenvalue weighted by Gasteiger charge is 2.32. The van der Waals surface area contributed by atoms with Crippen molar-refractivity contribution in [2.24, 2.45) is 5.92 Å². The van der Waals surface area contributed by atoms with Gasteiger partial charge in [0, 0.05) is 24.7 Å². The van der Waals surface area contributed by atoms with Crippen molar-refractivity contribution in [1.29, 1.82) is 0 Å². The number of anilines is 2. The lowest BCUT2D eigenvalue weighted by atomic mass is 9.77. The molecular weight excluding hydrogens is 420 g/mol. The number of piperidine rings is 1. The van der Waals surface area contributed by atoms with Gasteiger partial charge in [-0.2, -0.15) is 13.2 Å². The summed E-state index contributed by atoms with van der Waals surface area (Å²) in [6.07, 6.45) is 2.32. The number of nitrogens with zero attached hydrogens (tertiary/aromatic N) is 1. The molecule has 7 heteroatoms. The molecule has 1 aliphatic heterocycles. The van der Waals surface area contributed by atoms with Gasteiger partial charge in [-0.3, -0.25) is 4.79 Å². The highest BCUT2D eigenvalue weighted by atomic mass is 19.4. The summed E-state index contributed by atoms with van der Waals surface area (Å²) in [5, 5.41) is 2.49. The molecule has 1 heterocycles. The van der Waals surface area contributed by atoms with Crippen molar-refractivity contribution in [2.45, 2.75) is 57.0 Å². The number of benzene rings is 2. The highest BCUT2D eigenvalue weighted by molar-refractivity contribution is 5.92. The second-order valence-corrected chi connectivity index (χ2v) is 8.88. The van der Waals surface area contributed by atoms with Crippen molar-refractivity contribution in [3.8, 4) is 0 Å². The number of carbonyl (C=O) groups is 1. The van der Waals surface area contributed by atoms with Gasteiger partial charge in [0.05, 0.1) is 11.3 Å². The van der Waals surface area contributed by atoms with Crippen LogP contribution in [0.3, 0.4) is 0 Å². The summed E-state index contributed by atoms with van der Waals surface area (Å²) in [5.41, 5.74) is 1.15. The van der Waals surface area contributed by atoms with E-state index in [0.29, 0.717) is 18.9 Å². The molecule has 2 fully saturated rings. The van der Waals surface area contributed by atoms with Crippen molar-refractivity contribution >= 4 is 17.3 Å². The third kappa shape index (κ3) is 5.25. The molecule has 0 bridgehead atoms. The van der Waals surface area contributed by atoms with E-state index < -0.39 is 17.6 Å². The van der Waals surface area contributed by atoms with Crippen LogP contribution >= 0.6 is 0 Å². The Labute approximate surface area is 185 Å². The fourth-order valence-corrected chi connectivity index (χ4v) is 4.87. The zero-order valence-electron chi connectivity index (χ0n) is 17.9. The molecule has 1 amide bonds. The molecule has 1 aliphatic carbocycles. The molecule has 172 valence electrons. The Morgan fingerprint density at radius 3 is 2.31 bits per heavy atom. The molecule has 0 radical (unpaired) electrons. The molecule has 1 saturated heterocycles. The van der Waals surface area contributed by atoms with Crippen LogP contribution in [0.4, 0.5) is 28.9 Å². The van der Waals surface area contributed by atoms with E-state index in [1.807, 2.05) is 0 Å². The molecule has 2 atom stereocenters. The summed E-state index contributed by atoms with van der Waals surface area (Å²) in [6, 6.07) is 10.8. The molecule has 1 saturated carbocycles.